The van der Waals surface area contributed by atoms with Gasteiger partial charge in [0.05, 0.1) is 11.5 Å². The second-order valence-electron chi connectivity index (χ2n) is 6.71. The third-order valence-electron chi connectivity index (χ3n) is 5.15. The Morgan fingerprint density at radius 2 is 1.96 bits per heavy atom. The highest BCUT2D eigenvalue weighted by molar-refractivity contribution is 5.95. The highest BCUT2D eigenvalue weighted by Crippen LogP contribution is 2.35. The minimum absolute atomic E-state index is 0.0919. The molecule has 0 radical (unpaired) electrons. The maximum absolute atomic E-state index is 12.4. The number of hydrogen-bond acceptors (Lipinski definition) is 4. The number of rotatable bonds is 4. The summed E-state index contributed by atoms with van der Waals surface area (Å²) in [4.78, 5) is 39.3. The van der Waals surface area contributed by atoms with Crippen molar-refractivity contribution in [1.82, 2.24) is 4.98 Å². The van der Waals surface area contributed by atoms with Crippen molar-refractivity contribution in [2.75, 3.05) is 6.61 Å². The molecule has 2 aliphatic rings. The third kappa shape index (κ3) is 2.90. The zero-order valence-electron chi connectivity index (χ0n) is 13.8. The van der Waals surface area contributed by atoms with Gasteiger partial charge in [-0.3, -0.25) is 9.59 Å². The average Bonchev–Trinajstić information content (AvgIpc) is 2.60. The number of carbonyl (C=O) groups is 2. The zero-order chi connectivity index (χ0) is 17.4. The van der Waals surface area contributed by atoms with Gasteiger partial charge in [0, 0.05) is 11.8 Å². The summed E-state index contributed by atoms with van der Waals surface area (Å²) < 4.78 is 5.24. The van der Waals surface area contributed by atoms with E-state index in [1.165, 1.54) is 11.6 Å². The van der Waals surface area contributed by atoms with Crippen LogP contribution in [0.1, 0.15) is 51.5 Å². The summed E-state index contributed by atoms with van der Waals surface area (Å²) in [6.45, 7) is -0.251. The molecule has 0 bridgehead atoms. The smallest absolute Gasteiger partial charge is 0.339 e. The molecule has 0 amide bonds. The molecular weight excluding hydrogens is 318 g/mol. The Hall–Kier alpha value is -2.69. The lowest BCUT2D eigenvalue weighted by atomic mass is 9.75. The van der Waals surface area contributed by atoms with Gasteiger partial charge in [-0.2, -0.15) is 0 Å². The molecule has 2 aliphatic carbocycles. The first-order valence-electron chi connectivity index (χ1n) is 8.66. The third-order valence-corrected chi connectivity index (χ3v) is 5.15. The van der Waals surface area contributed by atoms with E-state index in [0.29, 0.717) is 12.0 Å². The molecule has 1 N–H and O–H groups in total. The number of nitrogens with one attached hydrogen (secondary N) is 1. The van der Waals surface area contributed by atoms with Crippen molar-refractivity contribution in [3.63, 3.8) is 0 Å². The highest BCUT2D eigenvalue weighted by Gasteiger charge is 2.32. The molecule has 0 spiro atoms. The predicted molar refractivity (Wildman–Crippen MR) is 91.9 cm³/mol. The molecule has 0 aliphatic heterocycles. The van der Waals surface area contributed by atoms with E-state index in [2.05, 4.69) is 4.98 Å². The van der Waals surface area contributed by atoms with Crippen LogP contribution in [0.4, 0.5) is 0 Å². The largest absolute Gasteiger partial charge is 0.454 e. The van der Waals surface area contributed by atoms with Crippen LogP contribution in [0.25, 0.3) is 0 Å². The number of fused-ring (bicyclic) bond motifs is 2. The van der Waals surface area contributed by atoms with Crippen LogP contribution in [-0.2, 0) is 28.8 Å². The molecule has 5 heteroatoms. The van der Waals surface area contributed by atoms with Crippen molar-refractivity contribution in [3.05, 3.63) is 68.6 Å². The predicted octanol–water partition coefficient (Wildman–Crippen LogP) is 2.32. The molecule has 0 fully saturated rings. The van der Waals surface area contributed by atoms with Gasteiger partial charge in [0.25, 0.3) is 0 Å². The van der Waals surface area contributed by atoms with Gasteiger partial charge in [0.1, 0.15) is 0 Å². The summed E-state index contributed by atoms with van der Waals surface area (Å²) >= 11 is 0. The number of aromatic amines is 1. The zero-order valence-corrected chi connectivity index (χ0v) is 13.8. The number of Topliss-reactive ketones (excluding diaryl/α,β-unsaturated/α-hetero) is 1. The van der Waals surface area contributed by atoms with E-state index in [0.717, 1.165) is 42.5 Å². The van der Waals surface area contributed by atoms with Gasteiger partial charge in [-0.15, -0.1) is 0 Å². The van der Waals surface area contributed by atoms with Crippen LogP contribution in [0.15, 0.2) is 35.1 Å². The average molecular weight is 337 g/mol. The van der Waals surface area contributed by atoms with Gasteiger partial charge in [0.15, 0.2) is 12.4 Å². The maximum Gasteiger partial charge on any atom is 0.339 e. The van der Waals surface area contributed by atoms with E-state index in [4.69, 9.17) is 4.74 Å². The molecule has 25 heavy (non-hydrogen) atoms. The van der Waals surface area contributed by atoms with Crippen LogP contribution >= 0.6 is 0 Å². The fourth-order valence-corrected chi connectivity index (χ4v) is 3.79. The quantitative estimate of drug-likeness (QED) is 0.869. The topological polar surface area (TPSA) is 76.2 Å². The van der Waals surface area contributed by atoms with Crippen LogP contribution in [0, 0.1) is 0 Å². The molecule has 4 rings (SSSR count). The normalized spacial score (nSPS) is 17.8. The Bertz CT molecular complexity index is 912. The maximum atomic E-state index is 12.4. The fraction of sp³-hybridized carbons (Fsp3) is 0.350. The number of hydrogen-bond donors (Lipinski definition) is 1. The number of H-pyrrole nitrogens is 1. The van der Waals surface area contributed by atoms with Crippen molar-refractivity contribution >= 4 is 11.8 Å². The van der Waals surface area contributed by atoms with E-state index >= 15 is 0 Å². The van der Waals surface area contributed by atoms with E-state index in [9.17, 15) is 14.4 Å². The Morgan fingerprint density at radius 3 is 2.80 bits per heavy atom. The monoisotopic (exact) mass is 337 g/mol. The van der Waals surface area contributed by atoms with E-state index < -0.39 is 5.97 Å². The Kier molecular flexibility index (Phi) is 3.99. The van der Waals surface area contributed by atoms with Crippen molar-refractivity contribution < 1.29 is 14.3 Å². The number of esters is 1. The number of ether oxygens (including phenoxy) is 1. The van der Waals surface area contributed by atoms with Gasteiger partial charge in [-0.25, -0.2) is 4.79 Å². The first-order valence-corrected chi connectivity index (χ1v) is 8.66. The van der Waals surface area contributed by atoms with Gasteiger partial charge in [-0.05, 0) is 48.8 Å². The lowest BCUT2D eigenvalue weighted by molar-refractivity contribution is -0.124. The summed E-state index contributed by atoms with van der Waals surface area (Å²) in [7, 11) is 0. The molecule has 128 valence electrons. The fourth-order valence-electron chi connectivity index (χ4n) is 3.79. The number of ketones is 1. The van der Waals surface area contributed by atoms with Crippen LogP contribution in [-0.4, -0.2) is 23.3 Å². The summed E-state index contributed by atoms with van der Waals surface area (Å²) in [6.07, 6.45) is 4.20. The van der Waals surface area contributed by atoms with Crippen LogP contribution in [0.5, 0.6) is 0 Å². The summed E-state index contributed by atoms with van der Waals surface area (Å²) in [5, 5.41) is 0. The molecule has 5 nitrogen and oxygen atoms in total. The minimum Gasteiger partial charge on any atom is -0.454 e. The second-order valence-corrected chi connectivity index (χ2v) is 6.71. The van der Waals surface area contributed by atoms with Crippen molar-refractivity contribution in [1.29, 1.82) is 0 Å². The molecule has 0 saturated heterocycles. The first-order chi connectivity index (χ1) is 12.1. The Balaban J connectivity index is 1.46. The standard InChI is InChI=1S/C20H19NO4/c22-18(15-9-12-5-1-2-6-13(12)15)11-25-20(24)16-10-19(23)21-17-8-4-3-7-14(16)17/h1-2,5-6,10,15H,3-4,7-9,11H2,(H,21,23). The molecule has 1 aromatic carbocycles. The molecule has 1 atom stereocenters. The lowest BCUT2D eigenvalue weighted by Crippen LogP contribution is -2.29. The Morgan fingerprint density at radius 1 is 1.16 bits per heavy atom. The van der Waals surface area contributed by atoms with E-state index in [-0.39, 0.29) is 23.9 Å². The SMILES string of the molecule is O=C(OCC(=O)C1Cc2ccccc21)c1cc(=O)[nH]c2c1CCCC2. The number of benzene rings is 1. The molecule has 1 unspecified atom stereocenters. The lowest BCUT2D eigenvalue weighted by Gasteiger charge is -2.28. The van der Waals surface area contributed by atoms with E-state index in [1.807, 2.05) is 24.3 Å². The molecule has 1 aromatic heterocycles. The molecule has 2 aromatic rings. The van der Waals surface area contributed by atoms with Crippen LogP contribution in [0.3, 0.4) is 0 Å². The van der Waals surface area contributed by atoms with Gasteiger partial charge >= 0.3 is 5.97 Å². The summed E-state index contributed by atoms with van der Waals surface area (Å²) in [6, 6.07) is 9.10. The van der Waals surface area contributed by atoms with Gasteiger partial charge in [-0.1, -0.05) is 24.3 Å². The van der Waals surface area contributed by atoms with Crippen molar-refractivity contribution in [3.8, 4) is 0 Å². The first kappa shape index (κ1) is 15.8. The molecule has 0 saturated carbocycles. The van der Waals surface area contributed by atoms with Gasteiger partial charge in [0.2, 0.25) is 5.56 Å². The van der Waals surface area contributed by atoms with Crippen molar-refractivity contribution in [2.24, 2.45) is 0 Å². The minimum atomic E-state index is -0.579. The highest BCUT2D eigenvalue weighted by atomic mass is 16.5. The second kappa shape index (κ2) is 6.31. The van der Waals surface area contributed by atoms with Crippen LogP contribution < -0.4 is 5.56 Å². The number of pyridine rings is 1. The number of aryl methyl sites for hydroxylation is 1. The number of aromatic nitrogens is 1. The van der Waals surface area contributed by atoms with Crippen molar-refractivity contribution in [2.45, 2.75) is 38.0 Å². The number of carbonyl (C=O) groups excluding carboxylic acids is 2. The Labute approximate surface area is 145 Å². The molecule has 1 heterocycles. The van der Waals surface area contributed by atoms with Crippen LogP contribution in [0.2, 0.25) is 0 Å². The summed E-state index contributed by atoms with van der Waals surface area (Å²) in [5.74, 6) is -0.854. The van der Waals surface area contributed by atoms with Gasteiger partial charge < -0.3 is 9.72 Å². The molecular formula is C20H19NO4. The summed E-state index contributed by atoms with van der Waals surface area (Å²) in [5.41, 5.74) is 3.89. The van der Waals surface area contributed by atoms with E-state index in [1.54, 1.807) is 0 Å².